The molecule has 0 radical (unpaired) electrons. The molecule has 0 aliphatic carbocycles. The average molecular weight is 309 g/mol. The number of nitrogens with zero attached hydrogens (tertiary/aromatic N) is 3. The Balaban J connectivity index is 2.37. The van der Waals surface area contributed by atoms with Gasteiger partial charge in [0.25, 0.3) is 0 Å². The molecule has 0 N–H and O–H groups in total. The molecule has 1 atom stereocenters. The normalized spacial score (nSPS) is 21.1. The Morgan fingerprint density at radius 1 is 1.67 bits per heavy atom. The van der Waals surface area contributed by atoms with Gasteiger partial charge in [-0.2, -0.15) is 17.6 Å². The first-order chi connectivity index (χ1) is 7.08. The highest BCUT2D eigenvalue weighted by Gasteiger charge is 2.30. The summed E-state index contributed by atoms with van der Waals surface area (Å²) in [4.78, 5) is 21.0. The van der Waals surface area contributed by atoms with E-state index >= 15 is 0 Å². The Labute approximate surface area is 106 Å². The van der Waals surface area contributed by atoms with Crippen LogP contribution < -0.4 is 4.90 Å². The molecular weight excluding hydrogens is 302 g/mol. The van der Waals surface area contributed by atoms with E-state index in [9.17, 15) is 4.79 Å². The standard InChI is InChI=1S/C8H7BrClN3OS/c9-5-2-11-8(10)12-7(5)13-3-4(15)1-6(13)14/h2,4,15H,1,3H2. The van der Waals surface area contributed by atoms with E-state index in [2.05, 4.69) is 38.5 Å². The molecule has 0 saturated carbocycles. The largest absolute Gasteiger partial charge is 0.295 e. The molecule has 2 heterocycles. The molecule has 7 heteroatoms. The summed E-state index contributed by atoms with van der Waals surface area (Å²) in [5, 5.41) is 0.182. The van der Waals surface area contributed by atoms with Crippen LogP contribution in [-0.4, -0.2) is 27.7 Å². The van der Waals surface area contributed by atoms with E-state index in [0.717, 1.165) is 0 Å². The molecule has 0 spiro atoms. The fourth-order valence-electron chi connectivity index (χ4n) is 1.42. The molecule has 2 rings (SSSR count). The molecule has 1 unspecified atom stereocenters. The minimum atomic E-state index is 0.00506. The van der Waals surface area contributed by atoms with Crippen molar-refractivity contribution < 1.29 is 4.79 Å². The number of carbonyl (C=O) groups is 1. The van der Waals surface area contributed by atoms with Crippen LogP contribution in [-0.2, 0) is 4.79 Å². The van der Waals surface area contributed by atoms with Crippen molar-refractivity contribution in [3.63, 3.8) is 0 Å². The van der Waals surface area contributed by atoms with Crippen LogP contribution in [0.5, 0.6) is 0 Å². The van der Waals surface area contributed by atoms with Gasteiger partial charge < -0.3 is 0 Å². The van der Waals surface area contributed by atoms with Crippen LogP contribution in [0.25, 0.3) is 0 Å². The number of hydrogen-bond acceptors (Lipinski definition) is 4. The van der Waals surface area contributed by atoms with Gasteiger partial charge in [-0.3, -0.25) is 9.69 Å². The first-order valence-electron chi connectivity index (χ1n) is 4.24. The monoisotopic (exact) mass is 307 g/mol. The number of carbonyl (C=O) groups excluding carboxylic acids is 1. The Bertz CT molecular complexity index is 417. The maximum absolute atomic E-state index is 11.6. The van der Waals surface area contributed by atoms with E-state index in [1.54, 1.807) is 4.90 Å². The van der Waals surface area contributed by atoms with Crippen molar-refractivity contribution in [2.75, 3.05) is 11.4 Å². The molecule has 1 aliphatic heterocycles. The van der Waals surface area contributed by atoms with Crippen molar-refractivity contribution in [3.05, 3.63) is 16.0 Å². The predicted molar refractivity (Wildman–Crippen MR) is 64.5 cm³/mol. The molecular formula is C8H7BrClN3OS. The lowest BCUT2D eigenvalue weighted by molar-refractivity contribution is -0.117. The van der Waals surface area contributed by atoms with Gasteiger partial charge in [-0.05, 0) is 27.5 Å². The third kappa shape index (κ3) is 2.26. The Morgan fingerprint density at radius 2 is 2.40 bits per heavy atom. The molecule has 1 aliphatic rings. The van der Waals surface area contributed by atoms with Gasteiger partial charge in [0.15, 0.2) is 5.82 Å². The molecule has 1 aromatic rings. The van der Waals surface area contributed by atoms with Crippen molar-refractivity contribution in [1.82, 2.24) is 9.97 Å². The average Bonchev–Trinajstić information content (AvgIpc) is 2.50. The fraction of sp³-hybridized carbons (Fsp3) is 0.375. The highest BCUT2D eigenvalue weighted by atomic mass is 79.9. The van der Waals surface area contributed by atoms with Gasteiger partial charge in [0.2, 0.25) is 11.2 Å². The summed E-state index contributed by atoms with van der Waals surface area (Å²) in [6, 6.07) is 0. The number of anilines is 1. The number of amides is 1. The van der Waals surface area contributed by atoms with E-state index < -0.39 is 0 Å². The zero-order chi connectivity index (χ0) is 11.0. The Kier molecular flexibility index (Phi) is 3.18. The van der Waals surface area contributed by atoms with Crippen LogP contribution in [0.4, 0.5) is 5.82 Å². The molecule has 0 aromatic carbocycles. The van der Waals surface area contributed by atoms with Crippen molar-refractivity contribution in [3.8, 4) is 0 Å². The van der Waals surface area contributed by atoms with E-state index in [4.69, 9.17) is 11.6 Å². The van der Waals surface area contributed by atoms with E-state index in [1.807, 2.05) is 0 Å². The SMILES string of the molecule is O=C1CC(S)CN1c1nc(Cl)ncc1Br. The minimum Gasteiger partial charge on any atom is -0.295 e. The fourth-order valence-corrected chi connectivity index (χ4v) is 2.27. The molecule has 4 nitrogen and oxygen atoms in total. The van der Waals surface area contributed by atoms with Crippen molar-refractivity contribution >= 4 is 51.9 Å². The predicted octanol–water partition coefficient (Wildman–Crippen LogP) is 1.93. The van der Waals surface area contributed by atoms with Gasteiger partial charge >= 0.3 is 0 Å². The maximum Gasteiger partial charge on any atom is 0.229 e. The van der Waals surface area contributed by atoms with Crippen LogP contribution in [0.3, 0.4) is 0 Å². The summed E-state index contributed by atoms with van der Waals surface area (Å²) >= 11 is 13.2. The first-order valence-corrected chi connectivity index (χ1v) is 5.93. The van der Waals surface area contributed by atoms with Gasteiger partial charge in [-0.1, -0.05) is 0 Å². The second-order valence-corrected chi connectivity index (χ2v) is 5.10. The lowest BCUT2D eigenvalue weighted by Gasteiger charge is -2.15. The van der Waals surface area contributed by atoms with Gasteiger partial charge in [-0.15, -0.1) is 0 Å². The molecule has 0 bridgehead atoms. The maximum atomic E-state index is 11.6. The van der Waals surface area contributed by atoms with Crippen molar-refractivity contribution in [1.29, 1.82) is 0 Å². The van der Waals surface area contributed by atoms with E-state index in [-0.39, 0.29) is 16.4 Å². The van der Waals surface area contributed by atoms with E-state index in [1.165, 1.54) is 6.20 Å². The number of rotatable bonds is 1. The first kappa shape index (κ1) is 11.2. The third-order valence-corrected chi connectivity index (χ3v) is 3.14. The highest BCUT2D eigenvalue weighted by Crippen LogP contribution is 2.29. The quantitative estimate of drug-likeness (QED) is 0.637. The van der Waals surface area contributed by atoms with Gasteiger partial charge in [-0.25, -0.2) is 4.98 Å². The number of hydrogen-bond donors (Lipinski definition) is 1. The van der Waals surface area contributed by atoms with Gasteiger partial charge in [0, 0.05) is 24.4 Å². The Morgan fingerprint density at radius 3 is 3.00 bits per heavy atom. The van der Waals surface area contributed by atoms with Crippen LogP contribution in [0.2, 0.25) is 5.28 Å². The van der Waals surface area contributed by atoms with Crippen molar-refractivity contribution in [2.45, 2.75) is 11.7 Å². The lowest BCUT2D eigenvalue weighted by atomic mass is 10.4. The summed E-state index contributed by atoms with van der Waals surface area (Å²) in [7, 11) is 0. The number of halogens is 2. The second kappa shape index (κ2) is 4.27. The lowest BCUT2D eigenvalue weighted by Crippen LogP contribution is -2.26. The van der Waals surface area contributed by atoms with Crippen LogP contribution in [0, 0.1) is 0 Å². The topological polar surface area (TPSA) is 46.1 Å². The van der Waals surface area contributed by atoms with Gasteiger partial charge in [0.05, 0.1) is 4.47 Å². The summed E-state index contributed by atoms with van der Waals surface area (Å²) in [5.41, 5.74) is 0. The van der Waals surface area contributed by atoms with Gasteiger partial charge in [0.1, 0.15) is 0 Å². The molecule has 1 amide bonds. The number of thiol groups is 1. The van der Waals surface area contributed by atoms with Crippen LogP contribution >= 0.6 is 40.2 Å². The summed E-state index contributed by atoms with van der Waals surface area (Å²) < 4.78 is 0.655. The van der Waals surface area contributed by atoms with Crippen LogP contribution in [0.1, 0.15) is 6.42 Å². The third-order valence-electron chi connectivity index (χ3n) is 2.06. The summed E-state index contributed by atoms with van der Waals surface area (Å²) in [6.07, 6.45) is 1.96. The molecule has 1 saturated heterocycles. The zero-order valence-electron chi connectivity index (χ0n) is 7.52. The minimum absolute atomic E-state index is 0.00506. The second-order valence-electron chi connectivity index (χ2n) is 3.17. The number of aromatic nitrogens is 2. The summed E-state index contributed by atoms with van der Waals surface area (Å²) in [6.45, 7) is 0.549. The van der Waals surface area contributed by atoms with Crippen LogP contribution in [0.15, 0.2) is 10.7 Å². The zero-order valence-corrected chi connectivity index (χ0v) is 10.8. The highest BCUT2D eigenvalue weighted by molar-refractivity contribution is 9.10. The van der Waals surface area contributed by atoms with E-state index in [0.29, 0.717) is 23.3 Å². The molecule has 15 heavy (non-hydrogen) atoms. The molecule has 1 aromatic heterocycles. The van der Waals surface area contributed by atoms with Crippen molar-refractivity contribution in [2.24, 2.45) is 0 Å². The Hall–Kier alpha value is -0.330. The summed E-state index contributed by atoms with van der Waals surface area (Å²) in [5.74, 6) is 0.516. The molecule has 1 fully saturated rings. The molecule has 80 valence electrons. The smallest absolute Gasteiger partial charge is 0.229 e.